The number of nitrogens with zero attached hydrogens (tertiary/aromatic N) is 4. The Morgan fingerprint density at radius 2 is 2.12 bits per heavy atom. The third kappa shape index (κ3) is 5.14. The molecule has 0 saturated carbocycles. The van der Waals surface area contributed by atoms with E-state index in [1.165, 1.54) is 6.07 Å². The number of carboxylic acids is 1. The first kappa shape index (κ1) is 27.9. The minimum Gasteiger partial charge on any atom is -0.494 e. The molecule has 0 aliphatic carbocycles. The lowest BCUT2D eigenvalue weighted by Gasteiger charge is -2.25. The Morgan fingerprint density at radius 3 is 2.88 bits per heavy atom. The summed E-state index contributed by atoms with van der Waals surface area (Å²) in [6, 6.07) is 11.5. The summed E-state index contributed by atoms with van der Waals surface area (Å²) in [7, 11) is 3.41. The number of pyridine rings is 1. The van der Waals surface area contributed by atoms with Crippen LogP contribution in [-0.2, 0) is 24.9 Å². The number of nitrogens with one attached hydrogen (secondary N) is 1. The number of ether oxygens (including phenoxy) is 2. The van der Waals surface area contributed by atoms with Crippen molar-refractivity contribution in [3.05, 3.63) is 80.1 Å². The highest BCUT2D eigenvalue weighted by molar-refractivity contribution is 7.17. The van der Waals surface area contributed by atoms with Gasteiger partial charge in [-0.25, -0.2) is 4.68 Å². The molecule has 1 aliphatic rings. The van der Waals surface area contributed by atoms with Crippen molar-refractivity contribution in [2.24, 2.45) is 7.05 Å². The summed E-state index contributed by atoms with van der Waals surface area (Å²) in [6.45, 7) is 5.91. The zero-order valence-electron chi connectivity index (χ0n) is 24.0. The molecule has 0 amide bonds. The molecule has 42 heavy (non-hydrogen) atoms. The molecule has 2 atom stereocenters. The molecule has 6 rings (SSSR count). The van der Waals surface area contributed by atoms with Crippen molar-refractivity contribution in [2.45, 2.75) is 51.8 Å². The molecule has 11 heteroatoms. The number of methoxy groups -OCH3 is 1. The Kier molecular flexibility index (Phi) is 7.46. The third-order valence-corrected chi connectivity index (χ3v) is 9.11. The lowest BCUT2D eigenvalue weighted by molar-refractivity contribution is -0.137. The molecule has 1 aliphatic heterocycles. The average molecular weight is 588 g/mol. The number of rotatable bonds is 8. The van der Waals surface area contributed by atoms with Gasteiger partial charge in [-0.3, -0.25) is 14.5 Å². The van der Waals surface area contributed by atoms with E-state index in [4.69, 9.17) is 9.47 Å². The van der Waals surface area contributed by atoms with Crippen LogP contribution in [0.5, 0.6) is 11.5 Å². The second-order valence-electron chi connectivity index (χ2n) is 10.9. The maximum absolute atomic E-state index is 12.2. The fraction of sp³-hybridized carbons (Fsp3) is 0.355. The van der Waals surface area contributed by atoms with E-state index in [9.17, 15) is 14.7 Å². The van der Waals surface area contributed by atoms with Crippen molar-refractivity contribution in [2.75, 3.05) is 13.7 Å². The number of aliphatic carboxylic acids is 1. The molecule has 2 aromatic carbocycles. The summed E-state index contributed by atoms with van der Waals surface area (Å²) in [5, 5.41) is 21.7. The third-order valence-electron chi connectivity index (χ3n) is 8.11. The lowest BCUT2D eigenvalue weighted by atomic mass is 9.84. The van der Waals surface area contributed by atoms with Crippen LogP contribution in [0.15, 0.2) is 46.6 Å². The van der Waals surface area contributed by atoms with Crippen molar-refractivity contribution in [3.8, 4) is 11.5 Å². The van der Waals surface area contributed by atoms with E-state index in [1.54, 1.807) is 29.2 Å². The molecule has 5 aromatic rings. The van der Waals surface area contributed by atoms with Gasteiger partial charge in [-0.1, -0.05) is 18.2 Å². The normalized spacial score (nSPS) is 16.2. The predicted octanol–water partition coefficient (Wildman–Crippen LogP) is 4.97. The Balaban J connectivity index is 1.45. The highest BCUT2D eigenvalue weighted by atomic mass is 32.1. The van der Waals surface area contributed by atoms with E-state index in [2.05, 4.69) is 50.7 Å². The first-order valence-corrected chi connectivity index (χ1v) is 14.8. The summed E-state index contributed by atoms with van der Waals surface area (Å²) in [5.41, 5.74) is 5.83. The highest BCUT2D eigenvalue weighted by Crippen LogP contribution is 2.40. The van der Waals surface area contributed by atoms with Gasteiger partial charge in [0.1, 0.15) is 28.6 Å². The quantitative estimate of drug-likeness (QED) is 0.261. The number of H-pyrrole nitrogens is 1. The van der Waals surface area contributed by atoms with Crippen LogP contribution in [0.4, 0.5) is 0 Å². The second-order valence-corrected chi connectivity index (χ2v) is 11.8. The lowest BCUT2D eigenvalue weighted by Crippen LogP contribution is -2.32. The number of aromatic amines is 1. The molecule has 0 radical (unpaired) electrons. The van der Waals surface area contributed by atoms with Crippen LogP contribution in [-0.4, -0.2) is 55.7 Å². The van der Waals surface area contributed by atoms with Gasteiger partial charge in [0.25, 0.3) is 0 Å². The fourth-order valence-electron chi connectivity index (χ4n) is 6.04. The van der Waals surface area contributed by atoms with E-state index in [-0.39, 0.29) is 18.1 Å². The van der Waals surface area contributed by atoms with E-state index in [0.717, 1.165) is 50.0 Å². The summed E-state index contributed by atoms with van der Waals surface area (Å²) in [4.78, 5) is 29.6. The van der Waals surface area contributed by atoms with Gasteiger partial charge in [0.2, 0.25) is 5.56 Å². The molecule has 0 spiro atoms. The molecule has 218 valence electrons. The number of benzene rings is 2. The maximum atomic E-state index is 12.2. The summed E-state index contributed by atoms with van der Waals surface area (Å²) >= 11 is 1.67. The Bertz CT molecular complexity index is 1860. The molecule has 4 heterocycles. The standard InChI is InChI=1S/C31H33N5O5S/c1-5-21-15-36(16-24-25(41-21)6-7-27(37)32-24)14-20-11-19(10-18-8-9-42-31(18)20)23(13-28(38)39)22-12-26(40-4)30-29(17(22)2)33-34-35(30)3/h6-12,21,23H,5,13-16H2,1-4H3,(H,32,37)(H,38,39)/t21-,23?/m1/s1. The minimum atomic E-state index is -0.888. The minimum absolute atomic E-state index is 0.0206. The summed E-state index contributed by atoms with van der Waals surface area (Å²) in [5.74, 6) is -0.00291. The first-order chi connectivity index (χ1) is 20.2. The molecule has 1 unspecified atom stereocenters. The van der Waals surface area contributed by atoms with Crippen molar-refractivity contribution < 1.29 is 19.4 Å². The highest BCUT2D eigenvalue weighted by Gasteiger charge is 2.27. The van der Waals surface area contributed by atoms with Crippen LogP contribution in [0, 0.1) is 6.92 Å². The van der Waals surface area contributed by atoms with Crippen LogP contribution in [0.2, 0.25) is 0 Å². The van der Waals surface area contributed by atoms with Gasteiger partial charge in [-0.05, 0) is 70.6 Å². The zero-order valence-corrected chi connectivity index (χ0v) is 24.8. The molecule has 0 bridgehead atoms. The van der Waals surface area contributed by atoms with E-state index in [0.29, 0.717) is 36.6 Å². The first-order valence-electron chi connectivity index (χ1n) is 14.0. The average Bonchev–Trinajstić information content (AvgIpc) is 3.56. The van der Waals surface area contributed by atoms with Crippen molar-refractivity contribution in [1.82, 2.24) is 24.9 Å². The van der Waals surface area contributed by atoms with Gasteiger partial charge >= 0.3 is 5.97 Å². The number of thiophene rings is 1. The van der Waals surface area contributed by atoms with Gasteiger partial charge in [-0.2, -0.15) is 0 Å². The number of aryl methyl sites for hydroxylation is 2. The number of carboxylic acid groups (broad SMARTS) is 1. The number of fused-ring (bicyclic) bond motifs is 3. The topological polar surface area (TPSA) is 123 Å². The smallest absolute Gasteiger partial charge is 0.304 e. The SMILES string of the molecule is CC[C@@H]1CN(Cc2cc(C(CC(=O)O)c3cc(OC)c4c(nnn4C)c3C)cc3ccsc23)Cc2[nH]c(=O)ccc2O1. The van der Waals surface area contributed by atoms with Gasteiger partial charge < -0.3 is 19.6 Å². The fourth-order valence-corrected chi connectivity index (χ4v) is 6.93. The largest absolute Gasteiger partial charge is 0.494 e. The van der Waals surface area contributed by atoms with Crippen LogP contribution < -0.4 is 15.0 Å². The van der Waals surface area contributed by atoms with Gasteiger partial charge in [0, 0.05) is 43.4 Å². The monoisotopic (exact) mass is 587 g/mol. The predicted molar refractivity (Wildman–Crippen MR) is 162 cm³/mol. The molecule has 10 nitrogen and oxygen atoms in total. The molecule has 0 fully saturated rings. The van der Waals surface area contributed by atoms with E-state index in [1.807, 2.05) is 20.0 Å². The number of hydrogen-bond donors (Lipinski definition) is 2. The van der Waals surface area contributed by atoms with Crippen molar-refractivity contribution in [3.63, 3.8) is 0 Å². The van der Waals surface area contributed by atoms with Crippen LogP contribution >= 0.6 is 11.3 Å². The Hall–Kier alpha value is -4.22. The molecular formula is C31H33N5O5S. The van der Waals surface area contributed by atoms with Gasteiger partial charge in [-0.15, -0.1) is 16.4 Å². The Labute approximate surface area is 246 Å². The van der Waals surface area contributed by atoms with Crippen LogP contribution in [0.1, 0.15) is 53.6 Å². The van der Waals surface area contributed by atoms with Crippen LogP contribution in [0.3, 0.4) is 0 Å². The molecule has 3 aromatic heterocycles. The van der Waals surface area contributed by atoms with Crippen molar-refractivity contribution in [1.29, 1.82) is 0 Å². The molecule has 2 N–H and O–H groups in total. The Morgan fingerprint density at radius 1 is 1.29 bits per heavy atom. The maximum Gasteiger partial charge on any atom is 0.304 e. The summed E-state index contributed by atoms with van der Waals surface area (Å²) < 4.78 is 14.8. The van der Waals surface area contributed by atoms with Gasteiger partial charge in [0.05, 0.1) is 19.2 Å². The number of carbonyl (C=O) groups is 1. The number of aromatic nitrogens is 4. The van der Waals surface area contributed by atoms with Gasteiger partial charge in [0.15, 0.2) is 0 Å². The number of hydrogen-bond acceptors (Lipinski definition) is 8. The summed E-state index contributed by atoms with van der Waals surface area (Å²) in [6.07, 6.45) is 0.721. The van der Waals surface area contributed by atoms with Crippen molar-refractivity contribution >= 4 is 38.4 Å². The van der Waals surface area contributed by atoms with Crippen LogP contribution in [0.25, 0.3) is 21.1 Å². The molecule has 0 saturated heterocycles. The zero-order chi connectivity index (χ0) is 29.5. The molecular weight excluding hydrogens is 554 g/mol. The van der Waals surface area contributed by atoms with E-state index >= 15 is 0 Å². The van der Waals surface area contributed by atoms with E-state index < -0.39 is 11.9 Å². The second kappa shape index (κ2) is 11.2.